The van der Waals surface area contributed by atoms with E-state index in [1.54, 1.807) is 30.3 Å². The van der Waals surface area contributed by atoms with Gasteiger partial charge in [0, 0.05) is 11.4 Å². The van der Waals surface area contributed by atoms with Crippen LogP contribution >= 0.6 is 11.3 Å². The predicted molar refractivity (Wildman–Crippen MR) is 94.1 cm³/mol. The summed E-state index contributed by atoms with van der Waals surface area (Å²) < 4.78 is 30.4. The number of benzene rings is 1. The third-order valence-corrected chi connectivity index (χ3v) is 5.78. The van der Waals surface area contributed by atoms with E-state index in [2.05, 4.69) is 4.98 Å². The number of hydrogen-bond donors (Lipinski definition) is 0. The number of para-hydroxylation sites is 1. The first-order chi connectivity index (χ1) is 11.5. The molecule has 8 heteroatoms. The van der Waals surface area contributed by atoms with Gasteiger partial charge in [-0.05, 0) is 24.6 Å². The average molecular weight is 364 g/mol. The van der Waals surface area contributed by atoms with E-state index >= 15 is 0 Å². The topological polar surface area (TPSA) is 78.3 Å². The summed E-state index contributed by atoms with van der Waals surface area (Å²) in [6.45, 7) is 2.00. The SMILES string of the molecule is CCc1cc2c(=O)n(CCS(=O)(=O)Oc3ccccc3)cnc2s1. The highest BCUT2D eigenvalue weighted by Crippen LogP contribution is 2.21. The van der Waals surface area contributed by atoms with Crippen LogP contribution in [0, 0.1) is 0 Å². The molecule has 3 aromatic rings. The van der Waals surface area contributed by atoms with Crippen molar-refractivity contribution in [2.45, 2.75) is 19.9 Å². The van der Waals surface area contributed by atoms with Crippen molar-refractivity contribution in [2.24, 2.45) is 0 Å². The molecule has 1 aromatic carbocycles. The normalized spacial score (nSPS) is 11.7. The van der Waals surface area contributed by atoms with E-state index < -0.39 is 10.1 Å². The summed E-state index contributed by atoms with van der Waals surface area (Å²) in [5, 5.41) is 0.528. The number of fused-ring (bicyclic) bond motifs is 1. The highest BCUT2D eigenvalue weighted by Gasteiger charge is 2.15. The molecule has 0 aliphatic rings. The molecule has 0 aliphatic carbocycles. The Morgan fingerprint density at radius 2 is 2.00 bits per heavy atom. The van der Waals surface area contributed by atoms with Crippen LogP contribution in [0.1, 0.15) is 11.8 Å². The van der Waals surface area contributed by atoms with Crippen molar-refractivity contribution in [1.29, 1.82) is 0 Å². The quantitative estimate of drug-likeness (QED) is 0.628. The zero-order valence-corrected chi connectivity index (χ0v) is 14.6. The summed E-state index contributed by atoms with van der Waals surface area (Å²) in [5.74, 6) is -0.0522. The lowest BCUT2D eigenvalue weighted by Crippen LogP contribution is -2.25. The van der Waals surface area contributed by atoms with Gasteiger partial charge in [0.05, 0.1) is 11.7 Å². The van der Waals surface area contributed by atoms with Gasteiger partial charge < -0.3 is 4.18 Å². The fourth-order valence-electron chi connectivity index (χ4n) is 2.22. The van der Waals surface area contributed by atoms with E-state index in [4.69, 9.17) is 4.18 Å². The third-order valence-electron chi connectivity index (χ3n) is 3.47. The molecule has 0 unspecified atom stereocenters. The maximum Gasteiger partial charge on any atom is 0.310 e. The number of hydrogen-bond acceptors (Lipinski definition) is 6. The Bertz CT molecular complexity index is 1010. The van der Waals surface area contributed by atoms with Crippen molar-refractivity contribution in [3.8, 4) is 5.75 Å². The van der Waals surface area contributed by atoms with Gasteiger partial charge in [-0.1, -0.05) is 25.1 Å². The van der Waals surface area contributed by atoms with Crippen molar-refractivity contribution < 1.29 is 12.6 Å². The maximum atomic E-state index is 12.4. The Hall–Kier alpha value is -2.19. The Kier molecular flexibility index (Phi) is 4.68. The second-order valence-electron chi connectivity index (χ2n) is 5.19. The second kappa shape index (κ2) is 6.74. The minimum absolute atomic E-state index is 0.00571. The molecule has 0 aliphatic heterocycles. The van der Waals surface area contributed by atoms with Gasteiger partial charge >= 0.3 is 10.1 Å². The number of aromatic nitrogens is 2. The molecule has 2 aromatic heterocycles. The lowest BCUT2D eigenvalue weighted by atomic mass is 10.3. The summed E-state index contributed by atoms with van der Waals surface area (Å²) in [5.41, 5.74) is -0.231. The molecule has 0 saturated carbocycles. The maximum absolute atomic E-state index is 12.4. The van der Waals surface area contributed by atoms with Crippen molar-refractivity contribution in [2.75, 3.05) is 5.75 Å². The molecule has 0 bridgehead atoms. The molecule has 6 nitrogen and oxygen atoms in total. The summed E-state index contributed by atoms with van der Waals surface area (Å²) in [7, 11) is -3.79. The zero-order chi connectivity index (χ0) is 17.2. The Labute approximate surface area is 143 Å². The van der Waals surface area contributed by atoms with Crippen LogP contribution in [0.15, 0.2) is 47.5 Å². The minimum atomic E-state index is -3.79. The van der Waals surface area contributed by atoms with Crippen LogP contribution in [0.3, 0.4) is 0 Å². The molecule has 0 saturated heterocycles. The highest BCUT2D eigenvalue weighted by molar-refractivity contribution is 7.87. The van der Waals surface area contributed by atoms with Gasteiger partial charge in [0.2, 0.25) is 0 Å². The number of thiophene rings is 1. The molecule has 126 valence electrons. The van der Waals surface area contributed by atoms with Gasteiger partial charge in [0.25, 0.3) is 5.56 Å². The first-order valence-electron chi connectivity index (χ1n) is 7.43. The van der Waals surface area contributed by atoms with Crippen LogP contribution in [0.2, 0.25) is 0 Å². The van der Waals surface area contributed by atoms with Gasteiger partial charge in [0.15, 0.2) is 0 Å². The van der Waals surface area contributed by atoms with Crippen molar-refractivity contribution >= 4 is 31.7 Å². The number of rotatable bonds is 6. The molecule has 0 atom stereocenters. The Morgan fingerprint density at radius 3 is 2.71 bits per heavy atom. The molecule has 0 N–H and O–H groups in total. The molecule has 2 heterocycles. The number of nitrogens with zero attached hydrogens (tertiary/aromatic N) is 2. The fraction of sp³-hybridized carbons (Fsp3) is 0.250. The van der Waals surface area contributed by atoms with Gasteiger partial charge in [-0.25, -0.2) is 4.98 Å². The van der Waals surface area contributed by atoms with E-state index in [-0.39, 0.29) is 23.6 Å². The van der Waals surface area contributed by atoms with E-state index in [1.165, 1.54) is 22.2 Å². The molecule has 0 amide bonds. The first-order valence-corrected chi connectivity index (χ1v) is 9.83. The van der Waals surface area contributed by atoms with Gasteiger partial charge in [-0.3, -0.25) is 9.36 Å². The Morgan fingerprint density at radius 1 is 1.25 bits per heavy atom. The van der Waals surface area contributed by atoms with E-state index in [0.29, 0.717) is 10.2 Å². The van der Waals surface area contributed by atoms with Crippen molar-refractivity contribution in [1.82, 2.24) is 9.55 Å². The van der Waals surface area contributed by atoms with Crippen LogP contribution in [0.4, 0.5) is 0 Å². The monoisotopic (exact) mass is 364 g/mol. The van der Waals surface area contributed by atoms with Crippen LogP contribution in [0.25, 0.3) is 10.2 Å². The standard InChI is InChI=1S/C16H16N2O4S2/c1-2-13-10-14-15(23-13)17-11-18(16(14)19)8-9-24(20,21)22-12-6-4-3-5-7-12/h3-7,10-11H,2,8-9H2,1H3. The summed E-state index contributed by atoms with van der Waals surface area (Å²) in [6.07, 6.45) is 2.22. The molecule has 3 rings (SSSR count). The van der Waals surface area contributed by atoms with Crippen LogP contribution in [0.5, 0.6) is 5.75 Å². The third kappa shape index (κ3) is 3.65. The second-order valence-corrected chi connectivity index (χ2v) is 7.99. The highest BCUT2D eigenvalue weighted by atomic mass is 32.2. The van der Waals surface area contributed by atoms with Crippen molar-refractivity contribution in [3.05, 3.63) is 58.0 Å². The number of aryl methyl sites for hydroxylation is 2. The molecular formula is C16H16N2O4S2. The van der Waals surface area contributed by atoms with Gasteiger partial charge in [-0.2, -0.15) is 8.42 Å². The smallest absolute Gasteiger partial charge is 0.310 e. The minimum Gasteiger partial charge on any atom is -0.382 e. The molecule has 0 radical (unpaired) electrons. The lowest BCUT2D eigenvalue weighted by molar-refractivity contribution is 0.480. The molecule has 24 heavy (non-hydrogen) atoms. The summed E-state index contributed by atoms with van der Waals surface area (Å²) in [6, 6.07) is 10.1. The molecular weight excluding hydrogens is 348 g/mol. The van der Waals surface area contributed by atoms with Gasteiger partial charge in [0.1, 0.15) is 16.3 Å². The molecule has 0 spiro atoms. The lowest BCUT2D eigenvalue weighted by Gasteiger charge is -2.08. The van der Waals surface area contributed by atoms with E-state index in [0.717, 1.165) is 11.3 Å². The average Bonchev–Trinajstić information content (AvgIpc) is 2.99. The zero-order valence-electron chi connectivity index (χ0n) is 13.0. The Balaban J connectivity index is 1.77. The van der Waals surface area contributed by atoms with Gasteiger partial charge in [-0.15, -0.1) is 11.3 Å². The fourth-order valence-corrected chi connectivity index (χ4v) is 4.05. The largest absolute Gasteiger partial charge is 0.382 e. The van der Waals surface area contributed by atoms with Crippen LogP contribution in [-0.2, 0) is 23.1 Å². The van der Waals surface area contributed by atoms with E-state index in [1.807, 2.05) is 13.0 Å². The summed E-state index contributed by atoms with van der Waals surface area (Å²) >= 11 is 1.48. The summed E-state index contributed by atoms with van der Waals surface area (Å²) in [4.78, 5) is 18.4. The predicted octanol–water partition coefficient (Wildman–Crippen LogP) is 2.43. The van der Waals surface area contributed by atoms with Crippen LogP contribution in [-0.4, -0.2) is 23.7 Å². The van der Waals surface area contributed by atoms with Crippen LogP contribution < -0.4 is 9.74 Å². The molecule has 0 fully saturated rings. The first kappa shape index (κ1) is 16.7. The van der Waals surface area contributed by atoms with Crippen molar-refractivity contribution in [3.63, 3.8) is 0 Å². The van der Waals surface area contributed by atoms with E-state index in [9.17, 15) is 13.2 Å².